The van der Waals surface area contributed by atoms with Gasteiger partial charge in [0.25, 0.3) is 11.8 Å². The summed E-state index contributed by atoms with van der Waals surface area (Å²) >= 11 is 0. The van der Waals surface area contributed by atoms with Crippen molar-refractivity contribution in [3.63, 3.8) is 0 Å². The lowest BCUT2D eigenvalue weighted by atomic mass is 10.0. The molecule has 2 aliphatic rings. The Hall–Kier alpha value is -7.52. The van der Waals surface area contributed by atoms with Crippen molar-refractivity contribution in [2.45, 2.75) is 77.2 Å². The van der Waals surface area contributed by atoms with E-state index in [0.29, 0.717) is 84.4 Å². The highest BCUT2D eigenvalue weighted by Crippen LogP contribution is 2.32. The Bertz CT molecular complexity index is 2630. The van der Waals surface area contributed by atoms with Crippen LogP contribution in [0, 0.1) is 11.6 Å². The van der Waals surface area contributed by atoms with Crippen molar-refractivity contribution in [3.8, 4) is 11.5 Å². The molecule has 2 aromatic heterocycles. The van der Waals surface area contributed by atoms with Gasteiger partial charge < -0.3 is 39.8 Å². The van der Waals surface area contributed by atoms with E-state index in [2.05, 4.69) is 41.4 Å². The lowest BCUT2D eigenvalue weighted by Crippen LogP contribution is -2.52. The van der Waals surface area contributed by atoms with Crippen molar-refractivity contribution in [3.05, 3.63) is 119 Å². The van der Waals surface area contributed by atoms with Crippen LogP contribution in [0.25, 0.3) is 11.5 Å². The molecule has 0 radical (unpaired) electrons. The minimum atomic E-state index is -0.755. The van der Waals surface area contributed by atoms with Gasteiger partial charge in [-0.15, -0.1) is 10.2 Å². The Labute approximate surface area is 396 Å². The summed E-state index contributed by atoms with van der Waals surface area (Å²) in [6.45, 7) is 1.75. The number of amides is 6. The number of carbonyl (C=O) groups is 6. The van der Waals surface area contributed by atoms with Crippen LogP contribution in [0.1, 0.15) is 82.6 Å². The summed E-state index contributed by atoms with van der Waals surface area (Å²) in [4.78, 5) is 87.1. The molecule has 1 fully saturated rings. The monoisotopic (exact) mass is 949 g/mol. The van der Waals surface area contributed by atoms with Crippen molar-refractivity contribution in [1.82, 2.24) is 45.2 Å². The average Bonchev–Trinajstić information content (AvgIpc) is 3.91. The molecule has 2 aliphatic heterocycles. The number of aromatic nitrogens is 5. The highest BCUT2D eigenvalue weighted by Gasteiger charge is 2.40. The molecule has 0 bridgehead atoms. The molecule has 1 atom stereocenters. The maximum Gasteiger partial charge on any atom is 0.255 e. The molecule has 3 aromatic carbocycles. The zero-order chi connectivity index (χ0) is 48.7. The van der Waals surface area contributed by atoms with Gasteiger partial charge in [0, 0.05) is 92.5 Å². The smallest absolute Gasteiger partial charge is 0.255 e. The van der Waals surface area contributed by atoms with E-state index in [9.17, 15) is 37.5 Å². The van der Waals surface area contributed by atoms with Crippen molar-refractivity contribution >= 4 is 46.8 Å². The number of hydrogen-bond acceptors (Lipinski definition) is 13. The molecule has 0 spiro atoms. The van der Waals surface area contributed by atoms with E-state index in [-0.39, 0.29) is 75.6 Å². The largest absolute Gasteiger partial charge is 0.379 e. The molecule has 4 N–H and O–H groups in total. The van der Waals surface area contributed by atoms with E-state index in [1.54, 1.807) is 66.7 Å². The molecule has 362 valence electrons. The van der Waals surface area contributed by atoms with Gasteiger partial charge in [-0.1, -0.05) is 24.6 Å². The number of imide groups is 1. The Morgan fingerprint density at radius 3 is 2.49 bits per heavy atom. The minimum absolute atomic E-state index is 0.0194. The van der Waals surface area contributed by atoms with Crippen molar-refractivity contribution in [1.29, 1.82) is 0 Å². The second kappa shape index (κ2) is 24.0. The fraction of sp³-hybridized carbons (Fsp3) is 0.375. The van der Waals surface area contributed by atoms with Gasteiger partial charge in [-0.25, -0.2) is 18.7 Å². The number of anilines is 2. The summed E-state index contributed by atoms with van der Waals surface area (Å²) in [7, 11) is 1.77. The number of hydrogen-bond donors (Lipinski definition) is 4. The number of unbranched alkanes of at least 4 members (excludes halogenated alkanes) is 2. The zero-order valence-corrected chi connectivity index (χ0v) is 38.0. The first kappa shape index (κ1) is 49.4. The van der Waals surface area contributed by atoms with Crippen LogP contribution in [-0.4, -0.2) is 116 Å². The third kappa shape index (κ3) is 13.1. The lowest BCUT2D eigenvalue weighted by Gasteiger charge is -2.29. The summed E-state index contributed by atoms with van der Waals surface area (Å²) in [5.41, 5.74) is 2.71. The second-order valence-corrected chi connectivity index (χ2v) is 16.4. The normalized spacial score (nSPS) is 14.3. The molecular formula is C48H53F2N11O8. The van der Waals surface area contributed by atoms with Gasteiger partial charge in [-0.2, -0.15) is 0 Å². The van der Waals surface area contributed by atoms with Gasteiger partial charge in [0.1, 0.15) is 36.3 Å². The lowest BCUT2D eigenvalue weighted by molar-refractivity contribution is -0.137. The van der Waals surface area contributed by atoms with Crippen LogP contribution in [0.2, 0.25) is 0 Å². The molecule has 0 saturated carbocycles. The summed E-state index contributed by atoms with van der Waals surface area (Å²) in [6, 6.07) is 16.2. The Morgan fingerprint density at radius 2 is 1.70 bits per heavy atom. The van der Waals surface area contributed by atoms with E-state index in [0.717, 1.165) is 25.0 Å². The van der Waals surface area contributed by atoms with Gasteiger partial charge in [-0.3, -0.25) is 34.1 Å². The fourth-order valence-electron chi connectivity index (χ4n) is 7.95. The second-order valence-electron chi connectivity index (χ2n) is 16.4. The molecule has 1 unspecified atom stereocenters. The number of carbonyl (C=O) groups excluding carboxylic acids is 6. The minimum Gasteiger partial charge on any atom is -0.379 e. The van der Waals surface area contributed by atoms with Crippen molar-refractivity contribution in [2.75, 3.05) is 50.7 Å². The highest BCUT2D eigenvalue weighted by molar-refractivity contribution is 6.07. The number of halogens is 2. The Kier molecular flexibility index (Phi) is 17.2. The molecule has 5 aromatic rings. The molecule has 19 nitrogen and oxygen atoms in total. The van der Waals surface area contributed by atoms with Gasteiger partial charge >= 0.3 is 0 Å². The number of nitrogens with one attached hydrogen (secondary N) is 4. The molecule has 7 rings (SSSR count). The number of fused-ring (bicyclic) bond motifs is 1. The summed E-state index contributed by atoms with van der Waals surface area (Å²) in [5, 5.41) is 19.7. The maximum absolute atomic E-state index is 14.1. The first-order chi connectivity index (χ1) is 33.5. The quantitative estimate of drug-likeness (QED) is 0.0497. The SMILES string of the molecule is CN(CCCn1c(CNc2cccc(C(=O)NCc3c(F)cccc3F)c2)nnc1-c1ccncn1)C(=O)CCCCCOCCOCC(=O)Nc1cccc2c1CN(C1CCC(=O)NC1=O)C2=O. The predicted molar refractivity (Wildman–Crippen MR) is 246 cm³/mol. The third-order valence-corrected chi connectivity index (χ3v) is 11.6. The van der Waals surface area contributed by atoms with Gasteiger partial charge in [-0.05, 0) is 74.2 Å². The number of ether oxygens (including phenoxy) is 2. The summed E-state index contributed by atoms with van der Waals surface area (Å²) in [5.74, 6) is -2.44. The van der Waals surface area contributed by atoms with Crippen LogP contribution in [0.5, 0.6) is 0 Å². The van der Waals surface area contributed by atoms with Crippen LogP contribution in [0.4, 0.5) is 20.2 Å². The van der Waals surface area contributed by atoms with E-state index in [1.807, 2.05) is 4.57 Å². The van der Waals surface area contributed by atoms with E-state index in [1.165, 1.54) is 17.3 Å². The topological polar surface area (TPSA) is 232 Å². The summed E-state index contributed by atoms with van der Waals surface area (Å²) in [6.07, 6.45) is 6.63. The molecule has 4 heterocycles. The number of nitrogens with zero attached hydrogens (tertiary/aromatic N) is 7. The Morgan fingerprint density at radius 1 is 0.899 bits per heavy atom. The first-order valence-corrected chi connectivity index (χ1v) is 22.7. The van der Waals surface area contributed by atoms with Crippen LogP contribution in [-0.2, 0) is 54.8 Å². The van der Waals surface area contributed by atoms with E-state index < -0.39 is 35.4 Å². The van der Waals surface area contributed by atoms with Gasteiger partial charge in [0.05, 0.1) is 19.8 Å². The summed E-state index contributed by atoms with van der Waals surface area (Å²) < 4.78 is 41.2. The van der Waals surface area contributed by atoms with Crippen LogP contribution >= 0.6 is 0 Å². The molecule has 6 amide bonds. The maximum atomic E-state index is 14.1. The molecule has 21 heteroatoms. The van der Waals surface area contributed by atoms with Crippen molar-refractivity contribution in [2.24, 2.45) is 0 Å². The number of rotatable bonds is 24. The number of piperidine rings is 1. The molecule has 69 heavy (non-hydrogen) atoms. The van der Waals surface area contributed by atoms with Gasteiger partial charge in [0.15, 0.2) is 11.6 Å². The fourth-order valence-corrected chi connectivity index (χ4v) is 7.95. The average molecular weight is 950 g/mol. The van der Waals surface area contributed by atoms with Crippen LogP contribution < -0.4 is 21.3 Å². The highest BCUT2D eigenvalue weighted by atomic mass is 19.1. The van der Waals surface area contributed by atoms with Crippen molar-refractivity contribution < 1.29 is 47.0 Å². The first-order valence-electron chi connectivity index (χ1n) is 22.7. The standard InChI is InChI=1S/C48H53F2N11O8/c1-59(44(64)15-3-2-4-22-68-23-24-69-29-43(63)55-38-14-6-11-33-35(38)28-61(48(33)67)40-16-17-42(62)56-47(40)66)20-8-21-60-41(57-58-45(60)39-18-19-51-30-54-39)27-52-32-10-5-9-31(25-32)46(65)53-26-34-36(49)12-7-13-37(34)50/h5-7,9-14,18-19,25,30,40,52H,2-4,8,15-17,20-24,26-29H2,1H3,(H,53,65)(H,55,63)(H,56,62,66). The van der Waals surface area contributed by atoms with E-state index in [4.69, 9.17) is 9.47 Å². The molecular weight excluding hydrogens is 897 g/mol. The third-order valence-electron chi connectivity index (χ3n) is 11.6. The van der Waals surface area contributed by atoms with Crippen LogP contribution in [0.15, 0.2) is 79.3 Å². The Balaban J connectivity index is 0.775. The van der Waals surface area contributed by atoms with E-state index >= 15 is 0 Å². The van der Waals surface area contributed by atoms with Crippen LogP contribution in [0.3, 0.4) is 0 Å². The molecule has 0 aliphatic carbocycles. The number of benzene rings is 3. The van der Waals surface area contributed by atoms with Gasteiger partial charge in [0.2, 0.25) is 23.6 Å². The predicted octanol–water partition coefficient (Wildman–Crippen LogP) is 4.40. The molecule has 1 saturated heterocycles. The zero-order valence-electron chi connectivity index (χ0n) is 38.0.